The van der Waals surface area contributed by atoms with Crippen molar-refractivity contribution in [3.63, 3.8) is 0 Å². The first kappa shape index (κ1) is 18.2. The lowest BCUT2D eigenvalue weighted by atomic mass is 9.96. The fourth-order valence-corrected chi connectivity index (χ4v) is 2.22. The number of aromatic nitrogens is 2. The minimum Gasteiger partial charge on any atom is -0.467 e. The maximum atomic E-state index is 12.0. The van der Waals surface area contributed by atoms with Gasteiger partial charge in [0.2, 0.25) is 11.8 Å². The maximum Gasteiger partial charge on any atom is 0.227 e. The Bertz CT molecular complexity index is 643. The Hall–Kier alpha value is -2.15. The molecule has 2 atom stereocenters. The summed E-state index contributed by atoms with van der Waals surface area (Å²) in [5, 5.41) is 16.8. The van der Waals surface area contributed by atoms with Crippen molar-refractivity contribution in [3.05, 3.63) is 35.9 Å². The molecule has 2 rings (SSSR count). The first-order valence-electron chi connectivity index (χ1n) is 8.09. The minimum absolute atomic E-state index is 0.121. The summed E-state index contributed by atoms with van der Waals surface area (Å²) >= 11 is 0. The first-order valence-corrected chi connectivity index (χ1v) is 8.09. The molecule has 0 aromatic carbocycles. The van der Waals surface area contributed by atoms with E-state index in [1.807, 2.05) is 27.7 Å². The lowest BCUT2D eigenvalue weighted by Gasteiger charge is -2.16. The maximum absolute atomic E-state index is 12.0. The van der Waals surface area contributed by atoms with E-state index in [0.29, 0.717) is 30.3 Å². The molecular formula is C17H25N3O4. The molecule has 0 spiro atoms. The van der Waals surface area contributed by atoms with Crippen LogP contribution in [-0.2, 0) is 16.6 Å². The number of hydrogen-bond acceptors (Lipinski definition) is 6. The van der Waals surface area contributed by atoms with Crippen LogP contribution in [0.5, 0.6) is 0 Å². The van der Waals surface area contributed by atoms with Crippen LogP contribution in [0.4, 0.5) is 0 Å². The molecule has 7 nitrogen and oxygen atoms in total. The van der Waals surface area contributed by atoms with Gasteiger partial charge in [-0.3, -0.25) is 4.79 Å². The topological polar surface area (TPSA) is 101 Å². The zero-order valence-corrected chi connectivity index (χ0v) is 14.6. The number of nitrogens with one attached hydrogen (secondary N) is 1. The van der Waals surface area contributed by atoms with Crippen molar-refractivity contribution in [1.82, 2.24) is 15.5 Å². The molecule has 132 valence electrons. The molecule has 2 aromatic heterocycles. The number of aliphatic hydroxyl groups is 1. The highest BCUT2D eigenvalue weighted by Crippen LogP contribution is 2.19. The van der Waals surface area contributed by atoms with E-state index in [1.54, 1.807) is 12.1 Å². The van der Waals surface area contributed by atoms with E-state index in [9.17, 15) is 9.90 Å². The van der Waals surface area contributed by atoms with Crippen molar-refractivity contribution in [2.24, 2.45) is 0 Å². The predicted octanol–water partition coefficient (Wildman–Crippen LogP) is 2.52. The number of furan rings is 1. The van der Waals surface area contributed by atoms with Crippen LogP contribution in [0.3, 0.4) is 0 Å². The molecule has 2 unspecified atom stereocenters. The van der Waals surface area contributed by atoms with Gasteiger partial charge in [0.25, 0.3) is 0 Å². The molecule has 0 saturated carbocycles. The summed E-state index contributed by atoms with van der Waals surface area (Å²) in [6.07, 6.45) is 1.81. The third-order valence-electron chi connectivity index (χ3n) is 3.56. The SMILES string of the molecule is CC(CC(O)c1ccco1)NC(=O)CCc1nc(C(C)(C)C)no1. The van der Waals surface area contributed by atoms with Crippen LogP contribution in [0.2, 0.25) is 0 Å². The second-order valence-corrected chi connectivity index (χ2v) is 7.00. The molecule has 2 aromatic rings. The van der Waals surface area contributed by atoms with Crippen molar-refractivity contribution >= 4 is 5.91 Å². The van der Waals surface area contributed by atoms with Crippen molar-refractivity contribution in [1.29, 1.82) is 0 Å². The van der Waals surface area contributed by atoms with Gasteiger partial charge < -0.3 is 19.4 Å². The van der Waals surface area contributed by atoms with Crippen LogP contribution in [0.25, 0.3) is 0 Å². The van der Waals surface area contributed by atoms with E-state index in [1.165, 1.54) is 6.26 Å². The summed E-state index contributed by atoms with van der Waals surface area (Å²) in [5.41, 5.74) is -0.180. The highest BCUT2D eigenvalue weighted by molar-refractivity contribution is 5.76. The third kappa shape index (κ3) is 5.19. The molecule has 7 heteroatoms. The second-order valence-electron chi connectivity index (χ2n) is 7.00. The zero-order chi connectivity index (χ0) is 17.7. The fraction of sp³-hybridized carbons (Fsp3) is 0.588. The molecule has 0 saturated heterocycles. The second kappa shape index (κ2) is 7.61. The Morgan fingerprint density at radius 3 is 2.75 bits per heavy atom. The smallest absolute Gasteiger partial charge is 0.227 e. The highest BCUT2D eigenvalue weighted by Gasteiger charge is 2.21. The average molecular weight is 335 g/mol. The number of nitrogens with zero attached hydrogens (tertiary/aromatic N) is 2. The summed E-state index contributed by atoms with van der Waals surface area (Å²) in [6, 6.07) is 3.25. The monoisotopic (exact) mass is 335 g/mol. The largest absolute Gasteiger partial charge is 0.467 e. The molecule has 2 heterocycles. The van der Waals surface area contributed by atoms with Crippen LogP contribution >= 0.6 is 0 Å². The standard InChI is InChI=1S/C17H25N3O4/c1-11(10-12(21)13-6-5-9-23-13)18-14(22)7-8-15-19-16(20-24-15)17(2,3)4/h5-6,9,11-12,21H,7-8,10H2,1-4H3,(H,18,22). The molecule has 0 fully saturated rings. The van der Waals surface area contributed by atoms with Gasteiger partial charge in [-0.15, -0.1) is 0 Å². The normalized spacial score (nSPS) is 14.4. The molecule has 0 aliphatic heterocycles. The van der Waals surface area contributed by atoms with E-state index < -0.39 is 6.10 Å². The number of amides is 1. The number of carbonyl (C=O) groups is 1. The summed E-state index contributed by atoms with van der Waals surface area (Å²) in [7, 11) is 0. The predicted molar refractivity (Wildman–Crippen MR) is 87.2 cm³/mol. The Labute approximate surface area is 141 Å². The number of hydrogen-bond donors (Lipinski definition) is 2. The van der Waals surface area contributed by atoms with Crippen molar-refractivity contribution in [3.8, 4) is 0 Å². The molecule has 0 radical (unpaired) electrons. The lowest BCUT2D eigenvalue weighted by Crippen LogP contribution is -2.33. The van der Waals surface area contributed by atoms with Crippen LogP contribution in [-0.4, -0.2) is 27.2 Å². The molecule has 24 heavy (non-hydrogen) atoms. The zero-order valence-electron chi connectivity index (χ0n) is 14.6. The van der Waals surface area contributed by atoms with E-state index >= 15 is 0 Å². The fourth-order valence-electron chi connectivity index (χ4n) is 2.22. The first-order chi connectivity index (χ1) is 11.3. The van der Waals surface area contributed by atoms with Crippen LogP contribution in [0.1, 0.15) is 64.1 Å². The van der Waals surface area contributed by atoms with E-state index in [2.05, 4.69) is 15.5 Å². The van der Waals surface area contributed by atoms with Gasteiger partial charge in [0.05, 0.1) is 6.26 Å². The summed E-state index contributed by atoms with van der Waals surface area (Å²) in [5.74, 6) is 1.47. The Morgan fingerprint density at radius 2 is 2.17 bits per heavy atom. The van der Waals surface area contributed by atoms with Crippen LogP contribution in [0, 0.1) is 0 Å². The van der Waals surface area contributed by atoms with Crippen molar-refractivity contribution < 1.29 is 18.8 Å². The Morgan fingerprint density at radius 1 is 1.42 bits per heavy atom. The van der Waals surface area contributed by atoms with Crippen LogP contribution in [0.15, 0.2) is 27.3 Å². The Balaban J connectivity index is 1.75. The quantitative estimate of drug-likeness (QED) is 0.806. The van der Waals surface area contributed by atoms with Crippen molar-refractivity contribution in [2.75, 3.05) is 0 Å². The van der Waals surface area contributed by atoms with Gasteiger partial charge >= 0.3 is 0 Å². The van der Waals surface area contributed by atoms with Gasteiger partial charge in [0, 0.05) is 30.7 Å². The molecule has 0 bridgehead atoms. The van der Waals surface area contributed by atoms with Gasteiger partial charge in [0.1, 0.15) is 11.9 Å². The van der Waals surface area contributed by atoms with Gasteiger partial charge in [-0.05, 0) is 19.1 Å². The van der Waals surface area contributed by atoms with Gasteiger partial charge in [-0.1, -0.05) is 25.9 Å². The lowest BCUT2D eigenvalue weighted by molar-refractivity contribution is -0.121. The summed E-state index contributed by atoms with van der Waals surface area (Å²) < 4.78 is 10.3. The van der Waals surface area contributed by atoms with E-state index in [0.717, 1.165) is 0 Å². The Kier molecular flexibility index (Phi) is 5.77. The molecular weight excluding hydrogens is 310 g/mol. The van der Waals surface area contributed by atoms with E-state index in [-0.39, 0.29) is 23.8 Å². The van der Waals surface area contributed by atoms with Crippen molar-refractivity contribution in [2.45, 2.75) is 64.5 Å². The summed E-state index contributed by atoms with van der Waals surface area (Å²) in [6.45, 7) is 7.84. The van der Waals surface area contributed by atoms with Gasteiger partial charge in [-0.2, -0.15) is 4.98 Å². The van der Waals surface area contributed by atoms with Gasteiger partial charge in [-0.25, -0.2) is 0 Å². The van der Waals surface area contributed by atoms with Crippen LogP contribution < -0.4 is 5.32 Å². The van der Waals surface area contributed by atoms with E-state index in [4.69, 9.17) is 8.94 Å². The van der Waals surface area contributed by atoms with Gasteiger partial charge in [0.15, 0.2) is 5.82 Å². The third-order valence-corrected chi connectivity index (χ3v) is 3.56. The average Bonchev–Trinajstić information content (AvgIpc) is 3.16. The minimum atomic E-state index is -0.736. The summed E-state index contributed by atoms with van der Waals surface area (Å²) in [4.78, 5) is 16.3. The molecule has 0 aliphatic carbocycles. The molecule has 1 amide bonds. The number of aryl methyl sites for hydroxylation is 1. The number of aliphatic hydroxyl groups excluding tert-OH is 1. The number of rotatable bonds is 7. The molecule has 0 aliphatic rings. The highest BCUT2D eigenvalue weighted by atomic mass is 16.5. The molecule has 2 N–H and O–H groups in total. The number of carbonyl (C=O) groups excluding carboxylic acids is 1.